The zero-order valence-electron chi connectivity index (χ0n) is 6.43. The lowest BCUT2D eigenvalue weighted by Gasteiger charge is -1.92. The Labute approximate surface area is 74.1 Å². The maximum Gasteiger partial charge on any atom is 0.352 e. The Morgan fingerprint density at radius 3 is 2.92 bits per heavy atom. The molecular weight excluding hydrogens is 182 g/mol. The van der Waals surface area contributed by atoms with Gasteiger partial charge in [0.1, 0.15) is 10.8 Å². The number of methoxy groups -OCH3 is 1. The molecule has 0 radical (unpaired) electrons. The summed E-state index contributed by atoms with van der Waals surface area (Å²) in [5, 5.41) is 8.87. The van der Waals surface area contributed by atoms with Gasteiger partial charge in [0.15, 0.2) is 0 Å². The molecule has 0 spiro atoms. The summed E-state index contributed by atoms with van der Waals surface area (Å²) in [5.74, 6) is -1.03. The Balaban J connectivity index is 2.92. The van der Waals surface area contributed by atoms with Gasteiger partial charge >= 0.3 is 5.97 Å². The summed E-state index contributed by atoms with van der Waals surface area (Å²) in [6, 6.07) is 1.45. The third kappa shape index (κ3) is 1.78. The molecule has 1 rings (SSSR count). The smallest absolute Gasteiger partial charge is 0.352 e. The number of H-pyrrole nitrogens is 1. The Kier molecular flexibility index (Phi) is 2.73. The van der Waals surface area contributed by atoms with Gasteiger partial charge in [-0.25, -0.2) is 4.79 Å². The summed E-state index contributed by atoms with van der Waals surface area (Å²) in [6.45, 7) is 0.308. The van der Waals surface area contributed by atoms with Crippen molar-refractivity contribution in [1.29, 1.82) is 0 Å². The fraction of sp³-hybridized carbons (Fsp3) is 0.286. The van der Waals surface area contributed by atoms with Crippen molar-refractivity contribution in [2.24, 2.45) is 0 Å². The molecular formula is C7H8ClNO3. The largest absolute Gasteiger partial charge is 0.477 e. The van der Waals surface area contributed by atoms with Crippen LogP contribution in [0.2, 0.25) is 5.15 Å². The summed E-state index contributed by atoms with van der Waals surface area (Å²) in [5.41, 5.74) is 0.726. The van der Waals surface area contributed by atoms with Crippen molar-refractivity contribution in [2.45, 2.75) is 6.61 Å². The number of hydrogen-bond acceptors (Lipinski definition) is 2. The molecule has 0 aliphatic heterocycles. The van der Waals surface area contributed by atoms with E-state index >= 15 is 0 Å². The number of rotatable bonds is 3. The molecule has 0 amide bonds. The molecule has 0 fully saturated rings. The minimum atomic E-state index is -1.03. The second-order valence-corrected chi connectivity index (χ2v) is 2.64. The van der Waals surface area contributed by atoms with E-state index in [9.17, 15) is 4.79 Å². The number of aromatic nitrogens is 1. The minimum absolute atomic E-state index is 0.0760. The molecule has 12 heavy (non-hydrogen) atoms. The highest BCUT2D eigenvalue weighted by Crippen LogP contribution is 2.17. The normalized spacial score (nSPS) is 10.2. The van der Waals surface area contributed by atoms with Crippen LogP contribution in [0.4, 0.5) is 0 Å². The van der Waals surface area contributed by atoms with E-state index in [2.05, 4.69) is 4.98 Å². The minimum Gasteiger partial charge on any atom is -0.477 e. The van der Waals surface area contributed by atoms with Crippen LogP contribution < -0.4 is 0 Å². The molecule has 0 saturated heterocycles. The van der Waals surface area contributed by atoms with Crippen LogP contribution in [0, 0.1) is 0 Å². The van der Waals surface area contributed by atoms with Crippen LogP contribution in [-0.4, -0.2) is 23.2 Å². The van der Waals surface area contributed by atoms with Gasteiger partial charge in [0.25, 0.3) is 0 Å². The van der Waals surface area contributed by atoms with Gasteiger partial charge in [0, 0.05) is 12.7 Å². The molecule has 0 atom stereocenters. The molecule has 1 heterocycles. The molecule has 0 unspecified atom stereocenters. The van der Waals surface area contributed by atoms with Crippen LogP contribution >= 0.6 is 11.6 Å². The van der Waals surface area contributed by atoms with E-state index in [0.29, 0.717) is 17.3 Å². The second-order valence-electron chi connectivity index (χ2n) is 2.26. The SMILES string of the molecule is COCc1cc(C(=O)O)[nH]c1Cl. The average Bonchev–Trinajstić information content (AvgIpc) is 2.34. The molecule has 0 bridgehead atoms. The monoisotopic (exact) mass is 189 g/mol. The third-order valence-electron chi connectivity index (χ3n) is 1.38. The summed E-state index contributed by atoms with van der Waals surface area (Å²) < 4.78 is 4.80. The van der Waals surface area contributed by atoms with E-state index in [4.69, 9.17) is 21.4 Å². The quantitative estimate of drug-likeness (QED) is 0.758. The fourth-order valence-electron chi connectivity index (χ4n) is 0.848. The van der Waals surface area contributed by atoms with Crippen LogP contribution in [-0.2, 0) is 11.3 Å². The first-order chi connectivity index (χ1) is 5.65. The van der Waals surface area contributed by atoms with Gasteiger partial charge in [0.05, 0.1) is 6.61 Å². The van der Waals surface area contributed by atoms with Gasteiger partial charge < -0.3 is 14.8 Å². The highest BCUT2D eigenvalue weighted by Gasteiger charge is 2.10. The molecule has 66 valence electrons. The number of halogens is 1. The number of nitrogens with one attached hydrogen (secondary N) is 1. The molecule has 0 aliphatic rings. The van der Waals surface area contributed by atoms with E-state index in [0.717, 1.165) is 0 Å². The highest BCUT2D eigenvalue weighted by atomic mass is 35.5. The Bertz CT molecular complexity index is 295. The number of carbonyl (C=O) groups is 1. The van der Waals surface area contributed by atoms with E-state index in [1.807, 2.05) is 0 Å². The van der Waals surface area contributed by atoms with Gasteiger partial charge in [-0.3, -0.25) is 0 Å². The zero-order valence-corrected chi connectivity index (χ0v) is 7.18. The number of ether oxygens (including phenoxy) is 1. The number of hydrogen-bond donors (Lipinski definition) is 2. The topological polar surface area (TPSA) is 62.3 Å². The van der Waals surface area contributed by atoms with Crippen molar-refractivity contribution < 1.29 is 14.6 Å². The van der Waals surface area contributed by atoms with Crippen LogP contribution in [0.1, 0.15) is 16.1 Å². The fourth-order valence-corrected chi connectivity index (χ4v) is 1.06. The molecule has 0 aromatic carbocycles. The van der Waals surface area contributed by atoms with Gasteiger partial charge in [-0.05, 0) is 6.07 Å². The van der Waals surface area contributed by atoms with Crippen molar-refractivity contribution in [1.82, 2.24) is 4.98 Å². The van der Waals surface area contributed by atoms with E-state index in [-0.39, 0.29) is 5.69 Å². The summed E-state index contributed by atoms with van der Waals surface area (Å²) >= 11 is 5.67. The van der Waals surface area contributed by atoms with Gasteiger partial charge in [-0.2, -0.15) is 0 Å². The van der Waals surface area contributed by atoms with Gasteiger partial charge in [-0.15, -0.1) is 0 Å². The molecule has 0 aliphatic carbocycles. The molecule has 5 heteroatoms. The lowest BCUT2D eigenvalue weighted by molar-refractivity contribution is 0.0691. The summed E-state index contributed by atoms with van der Waals surface area (Å²) in [7, 11) is 1.52. The number of aromatic carboxylic acids is 1. The predicted molar refractivity (Wildman–Crippen MR) is 43.5 cm³/mol. The van der Waals surface area contributed by atoms with E-state index in [1.54, 1.807) is 0 Å². The van der Waals surface area contributed by atoms with Crippen LogP contribution in [0.3, 0.4) is 0 Å². The molecule has 0 saturated carbocycles. The Morgan fingerprint density at radius 1 is 1.83 bits per heavy atom. The van der Waals surface area contributed by atoms with Crippen LogP contribution in [0.5, 0.6) is 0 Å². The van der Waals surface area contributed by atoms with Crippen LogP contribution in [0.25, 0.3) is 0 Å². The first-order valence-electron chi connectivity index (χ1n) is 3.24. The summed E-state index contributed by atoms with van der Waals surface area (Å²) in [4.78, 5) is 13.0. The number of carboxylic acid groups (broad SMARTS) is 1. The number of carboxylic acids is 1. The highest BCUT2D eigenvalue weighted by molar-refractivity contribution is 6.30. The average molecular weight is 190 g/mol. The third-order valence-corrected chi connectivity index (χ3v) is 1.71. The van der Waals surface area contributed by atoms with Crippen molar-refractivity contribution in [3.63, 3.8) is 0 Å². The predicted octanol–water partition coefficient (Wildman–Crippen LogP) is 1.51. The Morgan fingerprint density at radius 2 is 2.50 bits per heavy atom. The van der Waals surface area contributed by atoms with E-state index in [1.165, 1.54) is 13.2 Å². The lowest BCUT2D eigenvalue weighted by atomic mass is 10.3. The van der Waals surface area contributed by atoms with Gasteiger partial charge in [-0.1, -0.05) is 11.6 Å². The molecule has 1 aromatic heterocycles. The zero-order chi connectivity index (χ0) is 9.14. The van der Waals surface area contributed by atoms with E-state index < -0.39 is 5.97 Å². The van der Waals surface area contributed by atoms with Crippen molar-refractivity contribution >= 4 is 17.6 Å². The molecule has 2 N–H and O–H groups in total. The maximum absolute atomic E-state index is 10.4. The first kappa shape index (κ1) is 9.09. The standard InChI is InChI=1S/C7H8ClNO3/c1-12-3-4-2-5(7(10)11)9-6(4)8/h2,9H,3H2,1H3,(H,10,11). The van der Waals surface area contributed by atoms with Crippen LogP contribution in [0.15, 0.2) is 6.07 Å². The second kappa shape index (κ2) is 3.60. The molecule has 4 nitrogen and oxygen atoms in total. The Hall–Kier alpha value is -1.00. The number of aromatic amines is 1. The summed E-state index contributed by atoms with van der Waals surface area (Å²) in [6.07, 6.45) is 0. The van der Waals surface area contributed by atoms with Crippen molar-refractivity contribution in [3.8, 4) is 0 Å². The van der Waals surface area contributed by atoms with Crippen molar-refractivity contribution in [2.75, 3.05) is 7.11 Å². The maximum atomic E-state index is 10.4. The van der Waals surface area contributed by atoms with Gasteiger partial charge in [0.2, 0.25) is 0 Å². The first-order valence-corrected chi connectivity index (χ1v) is 3.62. The lowest BCUT2D eigenvalue weighted by Crippen LogP contribution is -1.94. The van der Waals surface area contributed by atoms with Crippen molar-refractivity contribution in [3.05, 3.63) is 22.5 Å². The molecule has 1 aromatic rings.